The van der Waals surface area contributed by atoms with E-state index in [9.17, 15) is 4.79 Å². The minimum absolute atomic E-state index is 0.209. The predicted octanol–water partition coefficient (Wildman–Crippen LogP) is 1.22. The fraction of sp³-hybridized carbons (Fsp3) is 0.167. The summed E-state index contributed by atoms with van der Waals surface area (Å²) in [6.07, 6.45) is 1.77. The van der Waals surface area contributed by atoms with Crippen LogP contribution in [0, 0.1) is 0 Å². The predicted molar refractivity (Wildman–Crippen MR) is 59.0 cm³/mol. The van der Waals surface area contributed by atoms with Crippen LogP contribution in [0.3, 0.4) is 0 Å². The van der Waals surface area contributed by atoms with Crippen molar-refractivity contribution in [3.63, 3.8) is 0 Å². The van der Waals surface area contributed by atoms with Gasteiger partial charge in [-0.3, -0.25) is 0 Å². The van der Waals surface area contributed by atoms with Crippen LogP contribution < -0.4 is 4.74 Å². The van der Waals surface area contributed by atoms with Gasteiger partial charge in [-0.1, -0.05) is 23.4 Å². The molecule has 5 heteroatoms. The summed E-state index contributed by atoms with van der Waals surface area (Å²) in [6.45, 7) is 0. The molecule has 1 aromatic rings. The third-order valence-electron chi connectivity index (χ3n) is 2.96. The van der Waals surface area contributed by atoms with Crippen molar-refractivity contribution in [1.82, 2.24) is 0 Å². The maximum atomic E-state index is 11.7. The fourth-order valence-corrected chi connectivity index (χ4v) is 2.07. The minimum Gasteiger partial charge on any atom is -0.465 e. The largest absolute Gasteiger partial charge is 0.465 e. The highest BCUT2D eigenvalue weighted by atomic mass is 16.6. The zero-order valence-corrected chi connectivity index (χ0v) is 9.01. The number of esters is 1. The third-order valence-corrected chi connectivity index (χ3v) is 2.96. The molecule has 1 aliphatic carbocycles. The van der Waals surface area contributed by atoms with Crippen LogP contribution in [0.15, 0.2) is 35.0 Å². The van der Waals surface area contributed by atoms with Crippen LogP contribution in [0.1, 0.15) is 5.56 Å². The number of rotatable bonds is 1. The molecule has 1 aromatic carbocycles. The molecule has 0 spiro atoms. The molecule has 17 heavy (non-hydrogen) atoms. The highest BCUT2D eigenvalue weighted by Gasteiger charge is 2.70. The highest BCUT2D eigenvalue weighted by molar-refractivity contribution is 6.41. The number of para-hydroxylation sites is 1. The zero-order chi connectivity index (χ0) is 12.0. The van der Waals surface area contributed by atoms with E-state index in [2.05, 4.69) is 9.89 Å². The number of carbonyl (C=O) groups excluding carboxylic acids is 1. The Balaban J connectivity index is 2.14. The Labute approximate surface area is 97.0 Å². The van der Waals surface area contributed by atoms with Crippen molar-refractivity contribution in [3.05, 3.63) is 35.4 Å². The van der Waals surface area contributed by atoms with Gasteiger partial charge in [0.05, 0.1) is 7.11 Å². The summed E-state index contributed by atoms with van der Waals surface area (Å²) >= 11 is 0. The van der Waals surface area contributed by atoms with E-state index in [1.165, 1.54) is 7.11 Å². The van der Waals surface area contributed by atoms with Crippen molar-refractivity contribution in [2.45, 2.75) is 5.60 Å². The first kappa shape index (κ1) is 9.89. The quantitative estimate of drug-likeness (QED) is 0.448. The van der Waals surface area contributed by atoms with Crippen LogP contribution >= 0.6 is 0 Å². The van der Waals surface area contributed by atoms with Crippen molar-refractivity contribution < 1.29 is 19.5 Å². The molecule has 0 saturated heterocycles. The van der Waals surface area contributed by atoms with Gasteiger partial charge >= 0.3 is 5.97 Å². The van der Waals surface area contributed by atoms with Crippen LogP contribution in [-0.4, -0.2) is 29.6 Å². The maximum Gasteiger partial charge on any atom is 0.361 e. The molecule has 1 atom stereocenters. The second-order valence-corrected chi connectivity index (χ2v) is 3.82. The Hall–Kier alpha value is -2.30. The normalized spacial score (nSPS) is 26.4. The summed E-state index contributed by atoms with van der Waals surface area (Å²) in [5.41, 5.74) is 0.268. The minimum atomic E-state index is -1.34. The van der Waals surface area contributed by atoms with Crippen molar-refractivity contribution >= 4 is 17.8 Å². The molecular formula is C12H9NO4. The molecular weight excluding hydrogens is 222 g/mol. The first-order valence-corrected chi connectivity index (χ1v) is 5.05. The molecule has 5 nitrogen and oxygen atoms in total. The number of hydrogen-bond acceptors (Lipinski definition) is 5. The number of nitrogens with zero attached hydrogens (tertiary/aromatic N) is 1. The van der Waals surface area contributed by atoms with Gasteiger partial charge in [0.2, 0.25) is 0 Å². The number of carbonyl (C=O) groups is 1. The van der Waals surface area contributed by atoms with Gasteiger partial charge < -0.3 is 14.7 Å². The summed E-state index contributed by atoms with van der Waals surface area (Å²) in [6, 6.07) is 7.28. The summed E-state index contributed by atoms with van der Waals surface area (Å²) in [4.78, 5) is 11.7. The molecule has 0 bridgehead atoms. The van der Waals surface area contributed by atoms with Gasteiger partial charge in [-0.25, -0.2) is 4.79 Å². The number of hydrogen-bond donors (Lipinski definition) is 1. The summed E-state index contributed by atoms with van der Waals surface area (Å²) in [5, 5.41) is 12.0. The van der Waals surface area contributed by atoms with Crippen molar-refractivity contribution in [2.75, 3.05) is 7.11 Å². The van der Waals surface area contributed by atoms with Crippen LogP contribution in [0.4, 0.5) is 0 Å². The topological polar surface area (TPSA) is 68.1 Å². The van der Waals surface area contributed by atoms with E-state index in [4.69, 9.17) is 9.94 Å². The van der Waals surface area contributed by atoms with E-state index >= 15 is 0 Å². The van der Waals surface area contributed by atoms with Gasteiger partial charge in [0.25, 0.3) is 5.60 Å². The SMILES string of the molecule is COC(=O)C12Oc3ccccc3C=C1/C2=N/O. The van der Waals surface area contributed by atoms with E-state index in [-0.39, 0.29) is 5.71 Å². The van der Waals surface area contributed by atoms with E-state index in [0.29, 0.717) is 11.3 Å². The average molecular weight is 231 g/mol. The molecule has 1 saturated carbocycles. The molecule has 1 heterocycles. The van der Waals surface area contributed by atoms with Crippen molar-refractivity contribution in [1.29, 1.82) is 0 Å². The second kappa shape index (κ2) is 3.10. The van der Waals surface area contributed by atoms with E-state index < -0.39 is 11.6 Å². The van der Waals surface area contributed by atoms with Gasteiger partial charge in [0.15, 0.2) is 0 Å². The molecule has 2 aliphatic rings. The molecule has 1 N–H and O–H groups in total. The number of fused-ring (bicyclic) bond motifs is 2. The average Bonchev–Trinajstić information content (AvgIpc) is 3.02. The number of methoxy groups -OCH3 is 1. The van der Waals surface area contributed by atoms with Crippen molar-refractivity contribution in [3.8, 4) is 5.75 Å². The van der Waals surface area contributed by atoms with E-state index in [1.54, 1.807) is 18.2 Å². The van der Waals surface area contributed by atoms with E-state index in [0.717, 1.165) is 5.56 Å². The molecule has 3 rings (SSSR count). The Bertz CT molecular complexity index is 576. The molecule has 1 unspecified atom stereocenters. The lowest BCUT2D eigenvalue weighted by Crippen LogP contribution is -2.35. The molecule has 1 fully saturated rings. The molecule has 0 amide bonds. The first-order valence-electron chi connectivity index (χ1n) is 5.05. The summed E-state index contributed by atoms with van der Waals surface area (Å²) in [5.74, 6) is -0.00801. The standard InChI is InChI=1S/C12H9NO4/c1-16-11(14)12-8(10(12)13-15)6-7-4-2-3-5-9(7)17-12/h2-6,15H,1H3/b13-10-. The lowest BCUT2D eigenvalue weighted by molar-refractivity contribution is -0.148. The highest BCUT2D eigenvalue weighted by Crippen LogP contribution is 2.50. The Morgan fingerprint density at radius 1 is 1.47 bits per heavy atom. The lowest BCUT2D eigenvalue weighted by atomic mass is 10.1. The van der Waals surface area contributed by atoms with Crippen LogP contribution in [0.5, 0.6) is 5.75 Å². The Kier molecular flexibility index (Phi) is 1.80. The van der Waals surface area contributed by atoms with Crippen LogP contribution in [0.25, 0.3) is 6.08 Å². The first-order chi connectivity index (χ1) is 8.24. The molecule has 1 aliphatic heterocycles. The van der Waals surface area contributed by atoms with Gasteiger partial charge in [-0.15, -0.1) is 0 Å². The van der Waals surface area contributed by atoms with Gasteiger partial charge in [0, 0.05) is 11.1 Å². The number of benzene rings is 1. The Morgan fingerprint density at radius 3 is 2.94 bits per heavy atom. The molecule has 0 radical (unpaired) electrons. The number of oxime groups is 1. The summed E-state index contributed by atoms with van der Waals surface area (Å²) < 4.78 is 10.3. The smallest absolute Gasteiger partial charge is 0.361 e. The number of ether oxygens (including phenoxy) is 2. The fourth-order valence-electron chi connectivity index (χ4n) is 2.07. The summed E-state index contributed by atoms with van der Waals surface area (Å²) in [7, 11) is 1.27. The molecule has 0 aromatic heterocycles. The van der Waals surface area contributed by atoms with Crippen molar-refractivity contribution in [2.24, 2.45) is 5.16 Å². The monoisotopic (exact) mass is 231 g/mol. The van der Waals surface area contributed by atoms with Gasteiger partial charge in [-0.05, 0) is 12.1 Å². The van der Waals surface area contributed by atoms with Crippen LogP contribution in [0.2, 0.25) is 0 Å². The zero-order valence-electron chi connectivity index (χ0n) is 9.01. The third kappa shape index (κ3) is 1.08. The lowest BCUT2D eigenvalue weighted by Gasteiger charge is -2.18. The Morgan fingerprint density at radius 2 is 2.24 bits per heavy atom. The second-order valence-electron chi connectivity index (χ2n) is 3.82. The van der Waals surface area contributed by atoms with E-state index in [1.807, 2.05) is 12.1 Å². The molecule has 86 valence electrons. The van der Waals surface area contributed by atoms with Gasteiger partial charge in [-0.2, -0.15) is 0 Å². The van der Waals surface area contributed by atoms with Gasteiger partial charge in [0.1, 0.15) is 11.5 Å². The maximum absolute atomic E-state index is 11.7. The van der Waals surface area contributed by atoms with Crippen LogP contribution in [-0.2, 0) is 9.53 Å².